The Hall–Kier alpha value is -2.29. The van der Waals surface area contributed by atoms with Crippen LogP contribution in [-0.4, -0.2) is 6.34 Å². The molecule has 3 nitrogen and oxygen atoms in total. The topological polar surface area (TPSA) is 33.6 Å². The first-order chi connectivity index (χ1) is 7.95. The minimum absolute atomic E-state index is 0.754. The van der Waals surface area contributed by atoms with Crippen molar-refractivity contribution in [3.63, 3.8) is 0 Å². The summed E-state index contributed by atoms with van der Waals surface area (Å²) >= 11 is 0. The van der Waals surface area contributed by atoms with Gasteiger partial charge in [-0.2, -0.15) is 0 Å². The highest BCUT2D eigenvalue weighted by atomic mass is 16.6. The fourth-order valence-corrected chi connectivity index (χ4v) is 1.77. The Morgan fingerprint density at radius 2 is 1.81 bits per heavy atom. The number of rotatable bonds is 1. The molecule has 0 aliphatic carbocycles. The average Bonchev–Trinajstić information content (AvgIpc) is 2.39. The van der Waals surface area contributed by atoms with Crippen molar-refractivity contribution in [2.24, 2.45) is 4.99 Å². The van der Waals surface area contributed by atoms with Gasteiger partial charge in [-0.3, -0.25) is 0 Å². The lowest BCUT2D eigenvalue weighted by molar-refractivity contribution is 0.264. The van der Waals surface area contributed by atoms with E-state index in [9.17, 15) is 0 Å². The fraction of sp³-hybridized carbons (Fsp3) is 0. The maximum atomic E-state index is 5.29. The molecular weight excluding hydrogens is 200 g/mol. The molecule has 0 saturated carbocycles. The van der Waals surface area contributed by atoms with Gasteiger partial charge in [-0.25, -0.2) is 10.5 Å². The number of fused-ring (bicyclic) bond motifs is 1. The summed E-state index contributed by atoms with van der Waals surface area (Å²) in [5.41, 5.74) is 5.72. The standard InChI is InChI=1S/C13H10N2O/c1-2-5-10(6-3-1)11-7-4-8-12-13(11)14-9-15-16-12/h1-9H,(H,14,15). The number of nitrogens with zero attached hydrogens (tertiary/aromatic N) is 1. The maximum absolute atomic E-state index is 5.29. The highest BCUT2D eigenvalue weighted by Crippen LogP contribution is 2.38. The van der Waals surface area contributed by atoms with Crippen LogP contribution in [0.3, 0.4) is 0 Å². The van der Waals surface area contributed by atoms with Crippen molar-refractivity contribution in [3.05, 3.63) is 48.5 Å². The molecule has 0 spiro atoms. The summed E-state index contributed by atoms with van der Waals surface area (Å²) in [6.07, 6.45) is 1.55. The molecule has 1 aliphatic rings. The summed E-state index contributed by atoms with van der Waals surface area (Å²) in [5.74, 6) is 0.754. The molecular formula is C13H10N2O. The SMILES string of the molecule is C1=Nc2c(cccc2-c2ccccc2)ON1. The number of hydrogen-bond donors (Lipinski definition) is 1. The molecule has 0 atom stereocenters. The number of benzene rings is 2. The van der Waals surface area contributed by atoms with E-state index in [1.807, 2.05) is 36.4 Å². The summed E-state index contributed by atoms with van der Waals surface area (Å²) in [6, 6.07) is 16.1. The van der Waals surface area contributed by atoms with Crippen LogP contribution in [0.5, 0.6) is 5.75 Å². The van der Waals surface area contributed by atoms with Crippen LogP contribution in [0.15, 0.2) is 53.5 Å². The molecule has 0 saturated heterocycles. The molecule has 78 valence electrons. The van der Waals surface area contributed by atoms with Crippen LogP contribution in [0, 0.1) is 0 Å². The summed E-state index contributed by atoms with van der Waals surface area (Å²) in [7, 11) is 0. The molecule has 3 rings (SSSR count). The molecule has 0 radical (unpaired) electrons. The Labute approximate surface area is 93.4 Å². The molecule has 16 heavy (non-hydrogen) atoms. The first-order valence-electron chi connectivity index (χ1n) is 5.08. The molecule has 0 bridgehead atoms. The van der Waals surface area contributed by atoms with E-state index in [4.69, 9.17) is 4.84 Å². The van der Waals surface area contributed by atoms with Gasteiger partial charge in [0.05, 0.1) is 0 Å². The Morgan fingerprint density at radius 3 is 2.69 bits per heavy atom. The first-order valence-corrected chi connectivity index (χ1v) is 5.08. The van der Waals surface area contributed by atoms with Gasteiger partial charge in [-0.1, -0.05) is 42.5 Å². The van der Waals surface area contributed by atoms with Crippen LogP contribution < -0.4 is 10.3 Å². The van der Waals surface area contributed by atoms with Crippen molar-refractivity contribution in [3.8, 4) is 16.9 Å². The summed E-state index contributed by atoms with van der Waals surface area (Å²) in [4.78, 5) is 9.59. The predicted molar refractivity (Wildman–Crippen MR) is 63.8 cm³/mol. The molecule has 2 aromatic carbocycles. The lowest BCUT2D eigenvalue weighted by Crippen LogP contribution is -2.18. The van der Waals surface area contributed by atoms with Crippen LogP contribution in [0.1, 0.15) is 0 Å². The normalized spacial score (nSPS) is 12.5. The van der Waals surface area contributed by atoms with Crippen molar-refractivity contribution >= 4 is 12.0 Å². The Bertz CT molecular complexity index is 535. The lowest BCUT2D eigenvalue weighted by atomic mass is 10.0. The van der Waals surface area contributed by atoms with Gasteiger partial charge in [0, 0.05) is 5.56 Å². The molecule has 1 heterocycles. The molecule has 0 amide bonds. The van der Waals surface area contributed by atoms with Crippen molar-refractivity contribution in [1.29, 1.82) is 0 Å². The molecule has 0 fully saturated rings. The van der Waals surface area contributed by atoms with Gasteiger partial charge in [0.1, 0.15) is 12.0 Å². The van der Waals surface area contributed by atoms with Gasteiger partial charge in [0.2, 0.25) is 0 Å². The zero-order chi connectivity index (χ0) is 10.8. The smallest absolute Gasteiger partial charge is 0.181 e. The predicted octanol–water partition coefficient (Wildman–Crippen LogP) is 2.91. The average molecular weight is 210 g/mol. The molecule has 0 aromatic heterocycles. The number of nitrogens with one attached hydrogen (secondary N) is 1. The van der Waals surface area contributed by atoms with Crippen LogP contribution >= 0.6 is 0 Å². The zero-order valence-corrected chi connectivity index (χ0v) is 8.55. The van der Waals surface area contributed by atoms with Crippen LogP contribution in [0.25, 0.3) is 11.1 Å². The Morgan fingerprint density at radius 1 is 0.938 bits per heavy atom. The van der Waals surface area contributed by atoms with E-state index in [2.05, 4.69) is 22.6 Å². The van der Waals surface area contributed by atoms with Crippen molar-refractivity contribution in [2.75, 3.05) is 0 Å². The van der Waals surface area contributed by atoms with Gasteiger partial charge in [-0.15, -0.1) is 0 Å². The third-order valence-electron chi connectivity index (χ3n) is 2.50. The number of aliphatic imine (C=N–C) groups is 1. The van der Waals surface area contributed by atoms with Crippen molar-refractivity contribution < 1.29 is 4.84 Å². The van der Waals surface area contributed by atoms with E-state index < -0.39 is 0 Å². The zero-order valence-electron chi connectivity index (χ0n) is 8.55. The maximum Gasteiger partial charge on any atom is 0.181 e. The van der Waals surface area contributed by atoms with Gasteiger partial charge in [-0.05, 0) is 11.6 Å². The van der Waals surface area contributed by atoms with Crippen LogP contribution in [-0.2, 0) is 0 Å². The van der Waals surface area contributed by atoms with E-state index in [1.54, 1.807) is 6.34 Å². The first kappa shape index (κ1) is 8.97. The Kier molecular flexibility index (Phi) is 2.07. The van der Waals surface area contributed by atoms with E-state index in [0.29, 0.717) is 0 Å². The second-order valence-electron chi connectivity index (χ2n) is 3.50. The number of para-hydroxylation sites is 1. The van der Waals surface area contributed by atoms with Gasteiger partial charge < -0.3 is 4.84 Å². The van der Waals surface area contributed by atoms with Gasteiger partial charge >= 0.3 is 0 Å². The van der Waals surface area contributed by atoms with Gasteiger partial charge in [0.15, 0.2) is 5.75 Å². The quantitative estimate of drug-likeness (QED) is 0.785. The summed E-state index contributed by atoms with van der Waals surface area (Å²) < 4.78 is 0. The van der Waals surface area contributed by atoms with E-state index in [-0.39, 0.29) is 0 Å². The van der Waals surface area contributed by atoms with E-state index >= 15 is 0 Å². The third-order valence-corrected chi connectivity index (χ3v) is 2.50. The van der Waals surface area contributed by atoms with E-state index in [0.717, 1.165) is 22.6 Å². The Balaban J connectivity index is 2.20. The number of hydrogen-bond acceptors (Lipinski definition) is 3. The molecule has 2 aromatic rings. The second-order valence-corrected chi connectivity index (χ2v) is 3.50. The fourth-order valence-electron chi connectivity index (χ4n) is 1.77. The third kappa shape index (κ3) is 1.42. The molecule has 1 N–H and O–H groups in total. The summed E-state index contributed by atoms with van der Waals surface area (Å²) in [6.45, 7) is 0. The van der Waals surface area contributed by atoms with Crippen molar-refractivity contribution in [2.45, 2.75) is 0 Å². The van der Waals surface area contributed by atoms with E-state index in [1.165, 1.54) is 0 Å². The largest absolute Gasteiger partial charge is 0.379 e. The minimum Gasteiger partial charge on any atom is -0.379 e. The highest BCUT2D eigenvalue weighted by Gasteiger charge is 2.12. The monoisotopic (exact) mass is 210 g/mol. The lowest BCUT2D eigenvalue weighted by Gasteiger charge is -2.14. The molecule has 1 aliphatic heterocycles. The summed E-state index contributed by atoms with van der Waals surface area (Å²) in [5, 5.41) is 0. The van der Waals surface area contributed by atoms with Crippen molar-refractivity contribution in [1.82, 2.24) is 5.48 Å². The minimum atomic E-state index is 0.754. The molecule has 3 heteroatoms. The molecule has 0 unspecified atom stereocenters. The number of hydroxylamine groups is 1. The van der Waals surface area contributed by atoms with Crippen LogP contribution in [0.2, 0.25) is 0 Å². The second kappa shape index (κ2) is 3.70. The van der Waals surface area contributed by atoms with Gasteiger partial charge in [0.25, 0.3) is 0 Å². The highest BCUT2D eigenvalue weighted by molar-refractivity contribution is 5.83. The van der Waals surface area contributed by atoms with Crippen LogP contribution in [0.4, 0.5) is 5.69 Å².